The van der Waals surface area contributed by atoms with Gasteiger partial charge in [0.1, 0.15) is 0 Å². The van der Waals surface area contributed by atoms with Gasteiger partial charge in [0, 0.05) is 57.5 Å². The van der Waals surface area contributed by atoms with E-state index in [0.717, 1.165) is 80.8 Å². The summed E-state index contributed by atoms with van der Waals surface area (Å²) in [6.07, 6.45) is 6.72. The van der Waals surface area contributed by atoms with E-state index in [0.29, 0.717) is 0 Å². The first-order valence-corrected chi connectivity index (χ1v) is 13.4. The van der Waals surface area contributed by atoms with Gasteiger partial charge < -0.3 is 15.1 Å². The fourth-order valence-corrected chi connectivity index (χ4v) is 5.99. The topological polar surface area (TPSA) is 77.6 Å². The molecule has 0 fully saturated rings. The van der Waals surface area contributed by atoms with Crippen LogP contribution in [0.3, 0.4) is 0 Å². The van der Waals surface area contributed by atoms with Crippen molar-refractivity contribution in [2.45, 2.75) is 72.6 Å². The highest BCUT2D eigenvalue weighted by Crippen LogP contribution is 2.42. The number of nitrogens with zero attached hydrogens (tertiary/aromatic N) is 2. The molecular formula is C32H38N4O. The first kappa shape index (κ1) is 25.2. The lowest BCUT2D eigenvalue weighted by molar-refractivity contribution is 0.277. The molecule has 2 aliphatic heterocycles. The zero-order chi connectivity index (χ0) is 26.4. The van der Waals surface area contributed by atoms with Crippen LogP contribution in [0.25, 0.3) is 39.8 Å². The standard InChI is InChI=1S/C32H38N4O/c1-8-22-19(5)28-16-31-23(9-2)18(4)27(34-31)15-29-20(6)24(11-10-12-37)32(36-29)21(7)26-13-17(3)25(33-26)14-30(22)35-28/h9,13-16,20,24,34-35,37H,2,8,10-12H2,1,3-7H3/t20-,24-/m0/s1. The van der Waals surface area contributed by atoms with Crippen molar-refractivity contribution in [3.63, 3.8) is 0 Å². The maximum Gasteiger partial charge on any atom is 0.0687 e. The Morgan fingerprint density at radius 3 is 2.38 bits per heavy atom. The molecule has 0 aliphatic carbocycles. The quantitative estimate of drug-likeness (QED) is 0.341. The summed E-state index contributed by atoms with van der Waals surface area (Å²) in [5, 5.41) is 9.59. The van der Waals surface area contributed by atoms with Crippen molar-refractivity contribution in [2.24, 2.45) is 0 Å². The molecule has 37 heavy (non-hydrogen) atoms. The third kappa shape index (κ3) is 4.25. The molecule has 5 nitrogen and oxygen atoms in total. The first-order chi connectivity index (χ1) is 17.8. The summed E-state index contributed by atoms with van der Waals surface area (Å²) >= 11 is 0. The summed E-state index contributed by atoms with van der Waals surface area (Å²) < 4.78 is 0. The van der Waals surface area contributed by atoms with Crippen LogP contribution in [0.5, 0.6) is 0 Å². The summed E-state index contributed by atoms with van der Waals surface area (Å²) in [5.74, 6) is 0.495. The zero-order valence-electron chi connectivity index (χ0n) is 22.9. The normalized spacial score (nSPS) is 17.2. The van der Waals surface area contributed by atoms with Crippen LogP contribution < -0.4 is 0 Å². The maximum atomic E-state index is 9.59. The molecule has 0 saturated heterocycles. The molecular weight excluding hydrogens is 456 g/mol. The number of aromatic nitrogens is 4. The minimum absolute atomic E-state index is 0.191. The minimum atomic E-state index is 0.191. The van der Waals surface area contributed by atoms with Gasteiger partial charge in [-0.15, -0.1) is 0 Å². The molecule has 0 unspecified atom stereocenters. The van der Waals surface area contributed by atoms with E-state index in [1.807, 2.05) is 6.08 Å². The molecule has 5 rings (SSSR count). The van der Waals surface area contributed by atoms with Gasteiger partial charge >= 0.3 is 0 Å². The van der Waals surface area contributed by atoms with Crippen LogP contribution >= 0.6 is 0 Å². The number of hydrogen-bond donors (Lipinski definition) is 3. The third-order valence-corrected chi connectivity index (χ3v) is 8.35. The van der Waals surface area contributed by atoms with Crippen LogP contribution in [0.15, 0.2) is 24.8 Å². The predicted octanol–water partition coefficient (Wildman–Crippen LogP) is 7.67. The second-order valence-electron chi connectivity index (χ2n) is 10.6. The molecule has 2 aliphatic rings. The molecule has 0 radical (unpaired) electrons. The van der Waals surface area contributed by atoms with Gasteiger partial charge in [0.2, 0.25) is 0 Å². The van der Waals surface area contributed by atoms with Gasteiger partial charge in [-0.25, -0.2) is 4.98 Å². The van der Waals surface area contributed by atoms with E-state index in [-0.39, 0.29) is 18.4 Å². The number of rotatable bonds is 5. The molecule has 5 heteroatoms. The van der Waals surface area contributed by atoms with Crippen LogP contribution in [0, 0.1) is 20.8 Å². The average Bonchev–Trinajstić information content (AvgIpc) is 3.57. The van der Waals surface area contributed by atoms with E-state index >= 15 is 0 Å². The Morgan fingerprint density at radius 2 is 1.68 bits per heavy atom. The molecule has 192 valence electrons. The van der Waals surface area contributed by atoms with Gasteiger partial charge in [-0.1, -0.05) is 26.5 Å². The Labute approximate surface area is 219 Å². The Bertz CT molecular complexity index is 1580. The van der Waals surface area contributed by atoms with E-state index in [9.17, 15) is 5.11 Å². The third-order valence-electron chi connectivity index (χ3n) is 8.35. The Hall–Kier alpha value is -3.44. The summed E-state index contributed by atoms with van der Waals surface area (Å²) in [6.45, 7) is 17.4. The predicted molar refractivity (Wildman–Crippen MR) is 156 cm³/mol. The lowest BCUT2D eigenvalue weighted by Crippen LogP contribution is -2.05. The van der Waals surface area contributed by atoms with Crippen molar-refractivity contribution in [1.29, 1.82) is 0 Å². The fraction of sp³-hybridized carbons (Fsp3) is 0.375. The van der Waals surface area contributed by atoms with Crippen LogP contribution in [0.4, 0.5) is 0 Å². The Balaban J connectivity index is 1.94. The number of allylic oxidation sites excluding steroid dienone is 1. The number of fused-ring (bicyclic) bond motifs is 8. The van der Waals surface area contributed by atoms with Crippen molar-refractivity contribution >= 4 is 39.8 Å². The Kier molecular flexibility index (Phi) is 6.67. The maximum absolute atomic E-state index is 9.59. The number of nitrogens with one attached hydrogen (secondary N) is 2. The van der Waals surface area contributed by atoms with Crippen molar-refractivity contribution < 1.29 is 5.11 Å². The fourth-order valence-electron chi connectivity index (χ4n) is 5.99. The number of H-pyrrole nitrogens is 2. The molecule has 2 atom stereocenters. The molecule has 3 aromatic rings. The number of aryl methyl sites for hydroxylation is 3. The van der Waals surface area contributed by atoms with Crippen molar-refractivity contribution in [3.8, 4) is 0 Å². The molecule has 3 N–H and O–H groups in total. The van der Waals surface area contributed by atoms with E-state index in [2.05, 4.69) is 82.4 Å². The van der Waals surface area contributed by atoms with Crippen molar-refractivity contribution in [2.75, 3.05) is 6.61 Å². The zero-order valence-corrected chi connectivity index (χ0v) is 22.9. The molecule has 5 heterocycles. The number of aliphatic hydroxyl groups is 1. The highest BCUT2D eigenvalue weighted by Gasteiger charge is 2.30. The van der Waals surface area contributed by atoms with E-state index < -0.39 is 0 Å². The smallest absolute Gasteiger partial charge is 0.0687 e. The lowest BCUT2D eigenvalue weighted by atomic mass is 9.86. The van der Waals surface area contributed by atoms with Gasteiger partial charge in [0.15, 0.2) is 0 Å². The highest BCUT2D eigenvalue weighted by molar-refractivity contribution is 5.86. The van der Waals surface area contributed by atoms with Crippen LogP contribution in [-0.2, 0) is 6.42 Å². The van der Waals surface area contributed by atoms with Gasteiger partial charge in [0.05, 0.1) is 11.4 Å². The first-order valence-electron chi connectivity index (χ1n) is 13.4. The highest BCUT2D eigenvalue weighted by atomic mass is 16.2. The minimum Gasteiger partial charge on any atom is -0.396 e. The van der Waals surface area contributed by atoms with E-state index in [1.54, 1.807) is 0 Å². The second kappa shape index (κ2) is 9.79. The molecule has 0 spiro atoms. The molecule has 0 aromatic carbocycles. The number of aliphatic hydroxyl groups excluding tert-OH is 1. The lowest BCUT2D eigenvalue weighted by Gasteiger charge is -2.16. The number of hydrogen-bond acceptors (Lipinski definition) is 3. The van der Waals surface area contributed by atoms with Crippen LogP contribution in [0.2, 0.25) is 0 Å². The largest absolute Gasteiger partial charge is 0.396 e. The van der Waals surface area contributed by atoms with Crippen molar-refractivity contribution in [1.82, 2.24) is 19.9 Å². The molecule has 0 amide bonds. The van der Waals surface area contributed by atoms with Crippen LogP contribution in [0.1, 0.15) is 96.0 Å². The van der Waals surface area contributed by atoms with Gasteiger partial charge in [-0.2, -0.15) is 0 Å². The van der Waals surface area contributed by atoms with Gasteiger partial charge in [-0.05, 0) is 99.1 Å². The second-order valence-corrected chi connectivity index (χ2v) is 10.6. The Morgan fingerprint density at radius 1 is 0.946 bits per heavy atom. The average molecular weight is 495 g/mol. The molecule has 3 aromatic heterocycles. The summed E-state index contributed by atoms with van der Waals surface area (Å²) in [5.41, 5.74) is 15.6. The van der Waals surface area contributed by atoms with Crippen molar-refractivity contribution in [3.05, 3.63) is 75.4 Å². The number of aromatic amines is 2. The summed E-state index contributed by atoms with van der Waals surface area (Å²) in [4.78, 5) is 17.6. The summed E-state index contributed by atoms with van der Waals surface area (Å²) in [7, 11) is 0. The monoisotopic (exact) mass is 494 g/mol. The summed E-state index contributed by atoms with van der Waals surface area (Å²) in [6, 6.07) is 6.60. The SMILES string of the molecule is C=Cc1c(C)c2cc3nc(c(C)c4nc(cc5[nH]c(cc1[nH]2)c(C)c5CC)C(C)=C4)[C@@H](CCCO)[C@@H]3C. The molecule has 8 bridgehead atoms. The van der Waals surface area contributed by atoms with E-state index in [4.69, 9.17) is 9.97 Å². The van der Waals surface area contributed by atoms with Gasteiger partial charge in [0.25, 0.3) is 0 Å². The molecule has 0 saturated carbocycles. The van der Waals surface area contributed by atoms with Crippen LogP contribution in [-0.4, -0.2) is 31.6 Å². The van der Waals surface area contributed by atoms with E-state index in [1.165, 1.54) is 16.7 Å². The van der Waals surface area contributed by atoms with Gasteiger partial charge in [-0.3, -0.25) is 4.98 Å².